The number of nitrogens with one attached hydrogen (secondary N) is 1. The normalized spacial score (nSPS) is 13.1. The minimum absolute atomic E-state index is 0.00558. The van der Waals surface area contributed by atoms with Crippen LogP contribution in [0.15, 0.2) is 36.4 Å². The van der Waals surface area contributed by atoms with E-state index in [0.29, 0.717) is 17.8 Å². The summed E-state index contributed by atoms with van der Waals surface area (Å²) >= 11 is 29.5. The van der Waals surface area contributed by atoms with Crippen LogP contribution >= 0.6 is 58.0 Å². The molecule has 1 aliphatic carbocycles. The topological polar surface area (TPSA) is 76.1 Å². The molecule has 0 unspecified atom stereocenters. The van der Waals surface area contributed by atoms with Crippen molar-refractivity contribution in [1.82, 2.24) is 10.3 Å². The van der Waals surface area contributed by atoms with Gasteiger partial charge in [-0.1, -0.05) is 70.7 Å². The summed E-state index contributed by atoms with van der Waals surface area (Å²) in [4.78, 5) is 40.4. The molecule has 1 aliphatic rings. The van der Waals surface area contributed by atoms with Crippen LogP contribution < -0.4 is 5.32 Å². The molecule has 5 nitrogen and oxygen atoms in total. The molecule has 0 saturated carbocycles. The van der Waals surface area contributed by atoms with Crippen LogP contribution in [0.3, 0.4) is 0 Å². The lowest BCUT2D eigenvalue weighted by atomic mass is 9.98. The van der Waals surface area contributed by atoms with Crippen LogP contribution in [-0.2, 0) is 4.79 Å². The predicted molar refractivity (Wildman–Crippen MR) is 129 cm³/mol. The molecule has 0 aliphatic heterocycles. The number of fused-ring (bicyclic) bond motifs is 2. The van der Waals surface area contributed by atoms with E-state index in [0.717, 1.165) is 5.39 Å². The van der Waals surface area contributed by atoms with Crippen molar-refractivity contribution in [2.75, 3.05) is 12.4 Å². The number of nitrogens with zero attached hydrogens (tertiary/aromatic N) is 1. The molecule has 1 N–H and O–H groups in total. The van der Waals surface area contributed by atoms with Crippen LogP contribution in [0, 0.1) is 0 Å². The Hall–Kier alpha value is -1.89. The number of carbonyl (C=O) groups excluding carboxylic acids is 3. The Morgan fingerprint density at radius 1 is 0.906 bits per heavy atom. The monoisotopic (exact) mass is 530 g/mol. The van der Waals surface area contributed by atoms with E-state index in [2.05, 4.69) is 10.3 Å². The minimum atomic E-state index is -1.11. The number of hydrogen-bond donors (Lipinski definition) is 1. The second-order valence-electron chi connectivity index (χ2n) is 6.68. The largest absolute Gasteiger partial charge is 0.355 e. The van der Waals surface area contributed by atoms with Crippen molar-refractivity contribution in [2.24, 2.45) is 0 Å². The Morgan fingerprint density at radius 3 is 1.97 bits per heavy atom. The van der Waals surface area contributed by atoms with Crippen LogP contribution in [0.2, 0.25) is 20.1 Å². The van der Waals surface area contributed by atoms with Gasteiger partial charge in [-0.25, -0.2) is 0 Å². The summed E-state index contributed by atoms with van der Waals surface area (Å²) in [6, 6.07) is 10.9. The second kappa shape index (κ2) is 10.4. The lowest BCUT2D eigenvalue weighted by Crippen LogP contribution is -2.23. The molecule has 0 spiro atoms. The molecule has 0 fully saturated rings. The van der Waals surface area contributed by atoms with Gasteiger partial charge in [-0.05, 0) is 19.1 Å². The van der Waals surface area contributed by atoms with E-state index in [1.165, 1.54) is 0 Å². The van der Waals surface area contributed by atoms with Crippen LogP contribution in [0.1, 0.15) is 39.3 Å². The first-order valence-electron chi connectivity index (χ1n) is 9.35. The summed E-state index contributed by atoms with van der Waals surface area (Å²) in [5.74, 6) is -2.11. The van der Waals surface area contributed by atoms with Crippen molar-refractivity contribution >= 4 is 86.4 Å². The molecule has 0 radical (unpaired) electrons. The van der Waals surface area contributed by atoms with Crippen molar-refractivity contribution in [3.63, 3.8) is 0 Å². The summed E-state index contributed by atoms with van der Waals surface area (Å²) in [5.41, 5.74) is 1.03. The molecule has 166 valence electrons. The smallest absolute Gasteiger partial charge is 0.234 e. The zero-order valence-corrected chi connectivity index (χ0v) is 20.3. The summed E-state index contributed by atoms with van der Waals surface area (Å²) < 4.78 is 0. The minimum Gasteiger partial charge on any atom is -0.355 e. The standard InChI is InChI=1S/C18H7Cl4NO2.C4H8ClNO/c19-13-11-12(14(20)16(22)15(13)21)18(25)10(17(11)24)9-6-5-7-3-1-2-4-8(7)23-9;1-2-6-4(7)3-5/h1-6,10H;2-3H2,1H3,(H,6,7). The summed E-state index contributed by atoms with van der Waals surface area (Å²) in [6.07, 6.45) is 0. The van der Waals surface area contributed by atoms with Gasteiger partial charge in [0.1, 0.15) is 11.8 Å². The van der Waals surface area contributed by atoms with Crippen LogP contribution in [-0.4, -0.2) is 34.9 Å². The van der Waals surface area contributed by atoms with Crippen molar-refractivity contribution in [3.05, 3.63) is 73.3 Å². The number of carbonyl (C=O) groups is 3. The van der Waals surface area contributed by atoms with Gasteiger partial charge < -0.3 is 5.32 Å². The van der Waals surface area contributed by atoms with Crippen molar-refractivity contribution in [3.8, 4) is 0 Å². The van der Waals surface area contributed by atoms with Gasteiger partial charge in [0.2, 0.25) is 5.91 Å². The second-order valence-corrected chi connectivity index (χ2v) is 8.46. The molecular weight excluding hydrogens is 518 g/mol. The van der Waals surface area contributed by atoms with Crippen molar-refractivity contribution < 1.29 is 14.4 Å². The maximum Gasteiger partial charge on any atom is 0.234 e. The van der Waals surface area contributed by atoms with Crippen molar-refractivity contribution in [2.45, 2.75) is 12.8 Å². The van der Waals surface area contributed by atoms with Gasteiger partial charge in [-0.3, -0.25) is 19.4 Å². The molecule has 0 saturated heterocycles. The maximum absolute atomic E-state index is 12.9. The summed E-state index contributed by atoms with van der Waals surface area (Å²) in [7, 11) is 0. The third-order valence-corrected chi connectivity index (χ3v) is 6.74. The number of para-hydroxylation sites is 1. The van der Waals surface area contributed by atoms with E-state index in [-0.39, 0.29) is 43.0 Å². The molecule has 32 heavy (non-hydrogen) atoms. The molecule has 0 atom stereocenters. The van der Waals surface area contributed by atoms with E-state index in [9.17, 15) is 14.4 Å². The summed E-state index contributed by atoms with van der Waals surface area (Å²) in [5, 5.41) is 3.22. The van der Waals surface area contributed by atoms with Gasteiger partial charge in [-0.2, -0.15) is 0 Å². The third kappa shape index (κ3) is 4.59. The highest BCUT2D eigenvalue weighted by Crippen LogP contribution is 2.47. The number of ketones is 2. The number of pyridine rings is 1. The maximum atomic E-state index is 12.9. The Kier molecular flexibility index (Phi) is 8.01. The fourth-order valence-corrected chi connectivity index (χ4v) is 4.39. The lowest BCUT2D eigenvalue weighted by molar-refractivity contribution is -0.118. The number of alkyl halides is 1. The third-order valence-electron chi connectivity index (χ3n) is 4.70. The quantitative estimate of drug-likeness (QED) is 0.184. The molecule has 1 heterocycles. The molecule has 1 amide bonds. The fraction of sp³-hybridized carbons (Fsp3) is 0.182. The fourth-order valence-electron chi connectivity index (χ4n) is 3.26. The van der Waals surface area contributed by atoms with E-state index in [1.807, 2.05) is 37.3 Å². The molecule has 10 heteroatoms. The number of benzene rings is 2. The first-order valence-corrected chi connectivity index (χ1v) is 11.4. The Morgan fingerprint density at radius 2 is 1.47 bits per heavy atom. The van der Waals surface area contributed by atoms with Gasteiger partial charge in [0.15, 0.2) is 11.6 Å². The van der Waals surface area contributed by atoms with Crippen LogP contribution in [0.4, 0.5) is 0 Å². The predicted octanol–water partition coefficient (Wildman–Crippen LogP) is 6.37. The number of Topliss-reactive ketones (excluding diaryl/α,β-unsaturated/α-hetero) is 2. The van der Waals surface area contributed by atoms with Gasteiger partial charge in [0.05, 0.1) is 42.4 Å². The van der Waals surface area contributed by atoms with E-state index < -0.39 is 17.5 Å². The highest BCUT2D eigenvalue weighted by molar-refractivity contribution is 6.55. The van der Waals surface area contributed by atoms with Gasteiger partial charge in [-0.15, -0.1) is 11.6 Å². The lowest BCUT2D eigenvalue weighted by Gasteiger charge is -2.07. The zero-order valence-electron chi connectivity index (χ0n) is 16.5. The number of rotatable bonds is 3. The van der Waals surface area contributed by atoms with E-state index in [1.54, 1.807) is 6.07 Å². The van der Waals surface area contributed by atoms with Crippen LogP contribution in [0.5, 0.6) is 0 Å². The highest BCUT2D eigenvalue weighted by atomic mass is 35.5. The number of halogens is 5. The molecule has 4 rings (SSSR count). The number of hydrogen-bond acceptors (Lipinski definition) is 4. The molecule has 2 aromatic carbocycles. The molecule has 0 bridgehead atoms. The highest BCUT2D eigenvalue weighted by Gasteiger charge is 2.45. The van der Waals surface area contributed by atoms with E-state index >= 15 is 0 Å². The van der Waals surface area contributed by atoms with E-state index in [4.69, 9.17) is 58.0 Å². The van der Waals surface area contributed by atoms with Crippen molar-refractivity contribution in [1.29, 1.82) is 0 Å². The van der Waals surface area contributed by atoms with Gasteiger partial charge in [0, 0.05) is 11.9 Å². The number of amides is 1. The van der Waals surface area contributed by atoms with Gasteiger partial charge >= 0.3 is 0 Å². The average Bonchev–Trinajstić information content (AvgIpc) is 3.06. The molecular formula is C22H15Cl5N2O3. The first kappa shape index (κ1) is 24.7. The molecule has 1 aromatic heterocycles. The Balaban J connectivity index is 0.000000360. The van der Waals surface area contributed by atoms with Gasteiger partial charge in [0.25, 0.3) is 0 Å². The summed E-state index contributed by atoms with van der Waals surface area (Å²) in [6.45, 7) is 2.51. The Bertz CT molecular complexity index is 1200. The average molecular weight is 533 g/mol. The van der Waals surface area contributed by atoms with Crippen LogP contribution in [0.25, 0.3) is 10.9 Å². The Labute approximate surface area is 208 Å². The number of aromatic nitrogens is 1. The SMILES string of the molecule is CCNC(=O)CCl.O=C1c2c(Cl)c(Cl)c(Cl)c(Cl)c2C(=O)C1c1ccc2ccccc2n1. The zero-order chi connectivity index (χ0) is 23.6. The first-order chi connectivity index (χ1) is 15.2. The molecule has 3 aromatic rings.